The highest BCUT2D eigenvalue weighted by molar-refractivity contribution is 8.14. The smallest absolute Gasteiger partial charge is 0.163 e. The minimum atomic E-state index is -0.930. The summed E-state index contributed by atoms with van der Waals surface area (Å²) >= 11 is 1.13. The van der Waals surface area contributed by atoms with Crippen LogP contribution in [0.4, 0.5) is 13.2 Å². The Kier molecular flexibility index (Phi) is 3.41. The first-order valence-corrected chi connectivity index (χ1v) is 7.01. The molecule has 0 bridgehead atoms. The van der Waals surface area contributed by atoms with Crippen molar-refractivity contribution in [2.45, 2.75) is 10.9 Å². The van der Waals surface area contributed by atoms with Crippen LogP contribution in [-0.4, -0.2) is 31.1 Å². The molecule has 0 spiro atoms. The van der Waals surface area contributed by atoms with Crippen LogP contribution in [-0.2, 0) is 9.48 Å². The van der Waals surface area contributed by atoms with Gasteiger partial charge in [-0.25, -0.2) is 13.2 Å². The van der Waals surface area contributed by atoms with Crippen molar-refractivity contribution in [3.05, 3.63) is 35.4 Å². The molecule has 20 heavy (non-hydrogen) atoms. The van der Waals surface area contributed by atoms with Gasteiger partial charge in [-0.3, -0.25) is 4.99 Å². The SMILES string of the molecule is NC1=NC[C@H]2[C@@H](CF)OC[C@]2(c2cccc(F)c2F)S1. The van der Waals surface area contributed by atoms with Gasteiger partial charge in [-0.05, 0) is 6.07 Å². The maximum absolute atomic E-state index is 14.2. The van der Waals surface area contributed by atoms with Crippen LogP contribution < -0.4 is 5.73 Å². The predicted octanol–water partition coefficient (Wildman–Crippen LogP) is 2.21. The van der Waals surface area contributed by atoms with Gasteiger partial charge in [0, 0.05) is 18.0 Å². The molecular weight excluding hydrogens is 289 g/mol. The lowest BCUT2D eigenvalue weighted by Gasteiger charge is -2.36. The maximum Gasteiger partial charge on any atom is 0.163 e. The molecular formula is C13H13F3N2OS. The van der Waals surface area contributed by atoms with E-state index in [1.165, 1.54) is 12.1 Å². The first kappa shape index (κ1) is 13.8. The van der Waals surface area contributed by atoms with Gasteiger partial charge in [-0.15, -0.1) is 0 Å². The zero-order valence-corrected chi connectivity index (χ0v) is 11.3. The highest BCUT2D eigenvalue weighted by Crippen LogP contribution is 2.52. The lowest BCUT2D eigenvalue weighted by atomic mass is 9.84. The lowest BCUT2D eigenvalue weighted by Crippen LogP contribution is -2.42. The highest BCUT2D eigenvalue weighted by atomic mass is 32.2. The minimum absolute atomic E-state index is 0.0908. The molecule has 0 radical (unpaired) electrons. The summed E-state index contributed by atoms with van der Waals surface area (Å²) in [5.41, 5.74) is 5.90. The third-order valence-corrected chi connectivity index (χ3v) is 5.19. The van der Waals surface area contributed by atoms with Gasteiger partial charge in [0.2, 0.25) is 0 Å². The number of amidine groups is 1. The van der Waals surface area contributed by atoms with Crippen molar-refractivity contribution >= 4 is 16.9 Å². The van der Waals surface area contributed by atoms with Crippen molar-refractivity contribution in [3.8, 4) is 0 Å². The summed E-state index contributed by atoms with van der Waals surface area (Å²) in [5, 5.41) is 0.285. The van der Waals surface area contributed by atoms with Crippen LogP contribution in [0.5, 0.6) is 0 Å². The largest absolute Gasteiger partial charge is 0.379 e. The van der Waals surface area contributed by atoms with E-state index in [1.807, 2.05) is 0 Å². The van der Waals surface area contributed by atoms with Gasteiger partial charge in [0.25, 0.3) is 0 Å². The van der Waals surface area contributed by atoms with E-state index in [0.717, 1.165) is 17.8 Å². The lowest BCUT2D eigenvalue weighted by molar-refractivity contribution is 0.0701. The molecule has 3 rings (SSSR count). The Bertz CT molecular complexity index is 569. The van der Waals surface area contributed by atoms with E-state index in [2.05, 4.69) is 4.99 Å². The monoisotopic (exact) mass is 302 g/mol. The molecule has 0 amide bonds. The van der Waals surface area contributed by atoms with E-state index < -0.39 is 29.2 Å². The Hall–Kier alpha value is -1.21. The maximum atomic E-state index is 14.2. The molecule has 2 heterocycles. The third-order valence-electron chi connectivity index (χ3n) is 3.85. The van der Waals surface area contributed by atoms with E-state index in [-0.39, 0.29) is 29.8 Å². The molecule has 7 heteroatoms. The summed E-state index contributed by atoms with van der Waals surface area (Å²) in [6.45, 7) is -0.337. The number of thioether (sulfide) groups is 1. The fraction of sp³-hybridized carbons (Fsp3) is 0.462. The van der Waals surface area contributed by atoms with Gasteiger partial charge in [-0.1, -0.05) is 23.9 Å². The molecule has 2 aliphatic heterocycles. The second kappa shape index (κ2) is 4.96. The van der Waals surface area contributed by atoms with E-state index in [0.29, 0.717) is 0 Å². The molecule has 108 valence electrons. The molecule has 1 aromatic rings. The Morgan fingerprint density at radius 3 is 3.00 bits per heavy atom. The van der Waals surface area contributed by atoms with Gasteiger partial charge in [0.1, 0.15) is 6.67 Å². The Balaban J connectivity index is 2.12. The first-order valence-electron chi connectivity index (χ1n) is 6.19. The zero-order valence-electron chi connectivity index (χ0n) is 10.5. The van der Waals surface area contributed by atoms with Crippen molar-refractivity contribution in [2.75, 3.05) is 19.8 Å². The third kappa shape index (κ3) is 1.91. The molecule has 0 aromatic heterocycles. The molecule has 1 fully saturated rings. The van der Waals surface area contributed by atoms with E-state index >= 15 is 0 Å². The molecule has 3 nitrogen and oxygen atoms in total. The second-order valence-electron chi connectivity index (χ2n) is 4.88. The van der Waals surface area contributed by atoms with Crippen LogP contribution >= 0.6 is 11.8 Å². The molecule has 0 saturated carbocycles. The minimum Gasteiger partial charge on any atom is -0.379 e. The fourth-order valence-corrected chi connectivity index (χ4v) is 4.13. The van der Waals surface area contributed by atoms with Crippen LogP contribution in [0.25, 0.3) is 0 Å². The molecule has 2 N–H and O–H groups in total. The number of fused-ring (bicyclic) bond motifs is 1. The van der Waals surface area contributed by atoms with E-state index in [9.17, 15) is 13.2 Å². The Morgan fingerprint density at radius 1 is 1.45 bits per heavy atom. The van der Waals surface area contributed by atoms with Gasteiger partial charge in [0.05, 0.1) is 17.5 Å². The summed E-state index contributed by atoms with van der Waals surface area (Å²) in [7, 11) is 0. The average molecular weight is 302 g/mol. The first-order chi connectivity index (χ1) is 9.58. The number of alkyl halides is 1. The van der Waals surface area contributed by atoms with Crippen LogP contribution in [0, 0.1) is 17.6 Å². The van der Waals surface area contributed by atoms with E-state index in [1.54, 1.807) is 0 Å². The number of aliphatic imine (C=N–C) groups is 1. The van der Waals surface area contributed by atoms with Crippen LogP contribution in [0.1, 0.15) is 5.56 Å². The van der Waals surface area contributed by atoms with Gasteiger partial charge < -0.3 is 10.5 Å². The van der Waals surface area contributed by atoms with Crippen molar-refractivity contribution in [3.63, 3.8) is 0 Å². The second-order valence-corrected chi connectivity index (χ2v) is 6.23. The van der Waals surface area contributed by atoms with Gasteiger partial charge >= 0.3 is 0 Å². The van der Waals surface area contributed by atoms with Gasteiger partial charge in [-0.2, -0.15) is 0 Å². The molecule has 3 atom stereocenters. The number of nitrogens with zero attached hydrogens (tertiary/aromatic N) is 1. The molecule has 0 aliphatic carbocycles. The number of ether oxygens (including phenoxy) is 1. The van der Waals surface area contributed by atoms with E-state index in [4.69, 9.17) is 10.5 Å². The number of benzene rings is 1. The highest BCUT2D eigenvalue weighted by Gasteiger charge is 2.55. The molecule has 1 saturated heterocycles. The number of rotatable bonds is 2. The topological polar surface area (TPSA) is 47.6 Å². The fourth-order valence-electron chi connectivity index (χ4n) is 2.85. The van der Waals surface area contributed by atoms with Crippen LogP contribution in [0.3, 0.4) is 0 Å². The van der Waals surface area contributed by atoms with Crippen molar-refractivity contribution in [1.29, 1.82) is 0 Å². The average Bonchev–Trinajstić information content (AvgIpc) is 2.80. The molecule has 1 aromatic carbocycles. The van der Waals surface area contributed by atoms with Crippen molar-refractivity contribution in [2.24, 2.45) is 16.6 Å². The Morgan fingerprint density at radius 2 is 2.25 bits per heavy atom. The Labute approximate surface area is 118 Å². The van der Waals surface area contributed by atoms with Crippen LogP contribution in [0.2, 0.25) is 0 Å². The normalized spacial score (nSPS) is 32.9. The zero-order chi connectivity index (χ0) is 14.3. The number of hydrogen-bond acceptors (Lipinski definition) is 4. The van der Waals surface area contributed by atoms with Crippen molar-refractivity contribution in [1.82, 2.24) is 0 Å². The standard InChI is InChI=1S/C13H13F3N2OS/c14-4-10-8-5-18-12(17)20-13(8,6-19-10)7-2-1-3-9(15)11(7)16/h1-3,8,10H,4-6H2,(H2,17,18)/t8-,10+,13+/m0/s1. The summed E-state index contributed by atoms with van der Waals surface area (Å²) < 4.78 is 45.2. The summed E-state index contributed by atoms with van der Waals surface area (Å²) in [6.07, 6.45) is -0.665. The summed E-state index contributed by atoms with van der Waals surface area (Å²) in [6, 6.07) is 3.99. The number of nitrogens with two attached hydrogens (primary N) is 1. The number of hydrogen-bond donors (Lipinski definition) is 1. The van der Waals surface area contributed by atoms with Crippen LogP contribution in [0.15, 0.2) is 23.2 Å². The summed E-state index contributed by atoms with van der Waals surface area (Å²) in [4.78, 5) is 4.09. The van der Waals surface area contributed by atoms with Gasteiger partial charge in [0.15, 0.2) is 16.8 Å². The summed E-state index contributed by atoms with van der Waals surface area (Å²) in [5.74, 6) is -2.22. The predicted molar refractivity (Wildman–Crippen MR) is 71.3 cm³/mol. The molecule has 2 aliphatic rings. The number of halogens is 3. The van der Waals surface area contributed by atoms with Crippen molar-refractivity contribution < 1.29 is 17.9 Å². The quantitative estimate of drug-likeness (QED) is 0.911. The molecule has 0 unspecified atom stereocenters.